The number of rotatable bonds is 5. The van der Waals surface area contributed by atoms with E-state index in [2.05, 4.69) is 26.0 Å². The number of esters is 1. The van der Waals surface area contributed by atoms with Crippen LogP contribution in [0.3, 0.4) is 0 Å². The fourth-order valence-corrected chi connectivity index (χ4v) is 2.04. The van der Waals surface area contributed by atoms with Gasteiger partial charge in [-0.2, -0.15) is 0 Å². The Kier molecular flexibility index (Phi) is 5.95. The van der Waals surface area contributed by atoms with Gasteiger partial charge in [0, 0.05) is 22.7 Å². The number of nitrogens with one attached hydrogen (secondary N) is 1. The van der Waals surface area contributed by atoms with Crippen LogP contribution in [0.25, 0.3) is 0 Å². The number of ether oxygens (including phenoxy) is 1. The molecular weight excluding hydrogens is 320 g/mol. The first kappa shape index (κ1) is 15.6. The SMILES string of the molecule is CCC(=CCNc1c(F)cc(F)cc1Br)C(=O)OC. The first-order valence-corrected chi connectivity index (χ1v) is 6.44. The Morgan fingerprint density at radius 2 is 2.16 bits per heavy atom. The van der Waals surface area contributed by atoms with Gasteiger partial charge in [0.1, 0.15) is 11.6 Å². The van der Waals surface area contributed by atoms with E-state index in [4.69, 9.17) is 0 Å². The fourth-order valence-electron chi connectivity index (χ4n) is 1.49. The van der Waals surface area contributed by atoms with E-state index in [0.29, 0.717) is 12.0 Å². The Morgan fingerprint density at radius 3 is 2.68 bits per heavy atom. The number of halogens is 3. The molecule has 0 bridgehead atoms. The summed E-state index contributed by atoms with van der Waals surface area (Å²) >= 11 is 3.07. The van der Waals surface area contributed by atoms with Crippen LogP contribution in [0.1, 0.15) is 13.3 Å². The Balaban J connectivity index is 2.77. The summed E-state index contributed by atoms with van der Waals surface area (Å²) in [6.07, 6.45) is 2.13. The summed E-state index contributed by atoms with van der Waals surface area (Å²) in [6.45, 7) is 2.05. The average molecular weight is 334 g/mol. The monoisotopic (exact) mass is 333 g/mol. The van der Waals surface area contributed by atoms with E-state index in [-0.39, 0.29) is 16.7 Å². The maximum absolute atomic E-state index is 13.5. The van der Waals surface area contributed by atoms with Crippen molar-refractivity contribution < 1.29 is 18.3 Å². The van der Waals surface area contributed by atoms with Crippen molar-refractivity contribution in [3.63, 3.8) is 0 Å². The molecule has 0 aliphatic rings. The van der Waals surface area contributed by atoms with Crippen LogP contribution in [0.4, 0.5) is 14.5 Å². The van der Waals surface area contributed by atoms with Gasteiger partial charge in [-0.3, -0.25) is 0 Å². The molecule has 104 valence electrons. The van der Waals surface area contributed by atoms with Crippen molar-refractivity contribution in [2.24, 2.45) is 0 Å². The number of hydrogen-bond acceptors (Lipinski definition) is 3. The minimum Gasteiger partial charge on any atom is -0.466 e. The second kappa shape index (κ2) is 7.23. The molecule has 1 N–H and O–H groups in total. The Morgan fingerprint density at radius 1 is 1.47 bits per heavy atom. The zero-order chi connectivity index (χ0) is 14.4. The fraction of sp³-hybridized carbons (Fsp3) is 0.308. The second-order valence-corrected chi connectivity index (χ2v) is 4.55. The lowest BCUT2D eigenvalue weighted by Crippen LogP contribution is -2.08. The van der Waals surface area contributed by atoms with Gasteiger partial charge in [0.15, 0.2) is 0 Å². The average Bonchev–Trinajstić information content (AvgIpc) is 2.36. The maximum Gasteiger partial charge on any atom is 0.333 e. The van der Waals surface area contributed by atoms with E-state index in [1.807, 2.05) is 6.92 Å². The first-order valence-electron chi connectivity index (χ1n) is 5.65. The van der Waals surface area contributed by atoms with Gasteiger partial charge in [0.2, 0.25) is 0 Å². The van der Waals surface area contributed by atoms with Crippen LogP contribution in [-0.4, -0.2) is 19.6 Å². The number of anilines is 1. The molecule has 0 aliphatic heterocycles. The van der Waals surface area contributed by atoms with Crippen LogP contribution in [0.2, 0.25) is 0 Å². The smallest absolute Gasteiger partial charge is 0.333 e. The highest BCUT2D eigenvalue weighted by molar-refractivity contribution is 9.10. The molecule has 0 aromatic heterocycles. The first-order chi connectivity index (χ1) is 8.99. The topological polar surface area (TPSA) is 38.3 Å². The molecule has 0 saturated heterocycles. The molecule has 1 rings (SSSR count). The van der Waals surface area contributed by atoms with Crippen LogP contribution in [-0.2, 0) is 9.53 Å². The molecule has 19 heavy (non-hydrogen) atoms. The number of methoxy groups -OCH3 is 1. The number of benzene rings is 1. The summed E-state index contributed by atoms with van der Waals surface area (Å²) < 4.78 is 31.3. The van der Waals surface area contributed by atoms with Gasteiger partial charge >= 0.3 is 5.97 Å². The van der Waals surface area contributed by atoms with Crippen molar-refractivity contribution in [3.05, 3.63) is 39.9 Å². The highest BCUT2D eigenvalue weighted by atomic mass is 79.9. The van der Waals surface area contributed by atoms with Crippen molar-refractivity contribution in [3.8, 4) is 0 Å². The van der Waals surface area contributed by atoms with Gasteiger partial charge in [-0.1, -0.05) is 13.0 Å². The zero-order valence-corrected chi connectivity index (χ0v) is 12.2. The summed E-state index contributed by atoms with van der Waals surface area (Å²) in [5.74, 6) is -1.77. The standard InChI is InChI=1S/C13H14BrF2NO2/c1-3-8(13(18)19-2)4-5-17-12-10(14)6-9(15)7-11(12)16/h4,6-7,17H,3,5H2,1-2H3. The number of carbonyl (C=O) groups is 1. The lowest BCUT2D eigenvalue weighted by atomic mass is 10.2. The lowest BCUT2D eigenvalue weighted by Gasteiger charge is -2.09. The van der Waals surface area contributed by atoms with Gasteiger partial charge in [-0.05, 0) is 28.4 Å². The van der Waals surface area contributed by atoms with E-state index in [9.17, 15) is 13.6 Å². The third-order valence-corrected chi connectivity index (χ3v) is 3.09. The van der Waals surface area contributed by atoms with Gasteiger partial charge in [0.25, 0.3) is 0 Å². The quantitative estimate of drug-likeness (QED) is 0.660. The molecule has 1 aromatic rings. The summed E-state index contributed by atoms with van der Waals surface area (Å²) in [4.78, 5) is 11.3. The maximum atomic E-state index is 13.5. The number of carbonyl (C=O) groups excluding carboxylic acids is 1. The predicted molar refractivity (Wildman–Crippen MR) is 72.9 cm³/mol. The summed E-state index contributed by atoms with van der Waals surface area (Å²) in [6, 6.07) is 1.95. The lowest BCUT2D eigenvalue weighted by molar-refractivity contribution is -0.136. The predicted octanol–water partition coefficient (Wildman–Crippen LogP) is 3.65. The second-order valence-electron chi connectivity index (χ2n) is 3.70. The van der Waals surface area contributed by atoms with Crippen LogP contribution >= 0.6 is 15.9 Å². The summed E-state index contributed by atoms with van der Waals surface area (Å²) in [5.41, 5.74) is 0.645. The molecule has 6 heteroatoms. The molecule has 0 aliphatic carbocycles. The third-order valence-electron chi connectivity index (χ3n) is 2.46. The van der Waals surface area contributed by atoms with Crippen molar-refractivity contribution in [2.45, 2.75) is 13.3 Å². The van der Waals surface area contributed by atoms with E-state index in [1.165, 1.54) is 7.11 Å². The largest absolute Gasteiger partial charge is 0.466 e. The van der Waals surface area contributed by atoms with Crippen molar-refractivity contribution in [1.29, 1.82) is 0 Å². The summed E-state index contributed by atoms with van der Waals surface area (Å²) in [7, 11) is 1.30. The van der Waals surface area contributed by atoms with Crippen molar-refractivity contribution in [1.82, 2.24) is 0 Å². The minimum atomic E-state index is -0.698. The molecular formula is C13H14BrF2NO2. The Hall–Kier alpha value is -1.43. The van der Waals surface area contributed by atoms with E-state index in [0.717, 1.165) is 12.1 Å². The molecule has 0 amide bonds. The van der Waals surface area contributed by atoms with Gasteiger partial charge in [-0.25, -0.2) is 13.6 Å². The van der Waals surface area contributed by atoms with Gasteiger partial charge in [-0.15, -0.1) is 0 Å². The van der Waals surface area contributed by atoms with Gasteiger partial charge < -0.3 is 10.1 Å². The highest BCUT2D eigenvalue weighted by Gasteiger charge is 2.10. The molecule has 0 atom stereocenters. The molecule has 0 saturated carbocycles. The molecule has 3 nitrogen and oxygen atoms in total. The van der Waals surface area contributed by atoms with E-state index >= 15 is 0 Å². The van der Waals surface area contributed by atoms with Crippen LogP contribution < -0.4 is 5.32 Å². The third kappa shape index (κ3) is 4.31. The normalized spacial score (nSPS) is 11.3. The molecule has 0 heterocycles. The minimum absolute atomic E-state index is 0.151. The van der Waals surface area contributed by atoms with Crippen molar-refractivity contribution >= 4 is 27.6 Å². The van der Waals surface area contributed by atoms with Crippen LogP contribution in [0.5, 0.6) is 0 Å². The number of hydrogen-bond donors (Lipinski definition) is 1. The molecule has 0 unspecified atom stereocenters. The summed E-state index contributed by atoms with van der Waals surface area (Å²) in [5, 5.41) is 2.78. The van der Waals surface area contributed by atoms with Crippen molar-refractivity contribution in [2.75, 3.05) is 19.0 Å². The Labute approximate surface area is 118 Å². The van der Waals surface area contributed by atoms with E-state index < -0.39 is 17.6 Å². The zero-order valence-electron chi connectivity index (χ0n) is 10.6. The Bertz CT molecular complexity index is 480. The van der Waals surface area contributed by atoms with Crippen LogP contribution in [0, 0.1) is 11.6 Å². The molecule has 0 spiro atoms. The van der Waals surface area contributed by atoms with E-state index in [1.54, 1.807) is 6.08 Å². The highest BCUT2D eigenvalue weighted by Crippen LogP contribution is 2.26. The molecule has 0 fully saturated rings. The van der Waals surface area contributed by atoms with Crippen LogP contribution in [0.15, 0.2) is 28.3 Å². The molecule has 1 aromatic carbocycles. The van der Waals surface area contributed by atoms with Gasteiger partial charge in [0.05, 0.1) is 12.8 Å². The molecule has 0 radical (unpaired) electrons.